The third kappa shape index (κ3) is 4.30. The van der Waals surface area contributed by atoms with Crippen LogP contribution in [0.5, 0.6) is 0 Å². The monoisotopic (exact) mass is 442 g/mol. The zero-order valence-electron chi connectivity index (χ0n) is 16.9. The number of benzene rings is 2. The molecule has 0 unspecified atom stereocenters. The van der Waals surface area contributed by atoms with Crippen molar-refractivity contribution in [1.29, 1.82) is 0 Å². The molecule has 1 aromatic heterocycles. The smallest absolute Gasteiger partial charge is 0.407 e. The topological polar surface area (TPSA) is 113 Å². The van der Waals surface area contributed by atoms with Crippen LogP contribution in [0.25, 0.3) is 22.8 Å². The Morgan fingerprint density at radius 2 is 1.66 bits per heavy atom. The second-order valence-corrected chi connectivity index (χ2v) is 7.40. The maximum Gasteiger partial charge on any atom is 0.407 e. The van der Waals surface area contributed by atoms with Gasteiger partial charge in [-0.1, -0.05) is 30.3 Å². The highest BCUT2D eigenvalue weighted by molar-refractivity contribution is 5.97. The molecule has 0 spiro atoms. The predicted molar refractivity (Wildman–Crippen MR) is 111 cm³/mol. The number of aromatic nitrogens is 1. The first-order valence-corrected chi connectivity index (χ1v) is 9.88. The van der Waals surface area contributed by atoms with Crippen LogP contribution in [-0.2, 0) is 6.54 Å². The number of piperazine rings is 1. The van der Waals surface area contributed by atoms with Crippen LogP contribution in [-0.4, -0.2) is 58.1 Å². The van der Waals surface area contributed by atoms with E-state index in [4.69, 9.17) is 15.3 Å². The molecule has 0 saturated carbocycles. The van der Waals surface area contributed by atoms with Gasteiger partial charge in [0.1, 0.15) is 17.2 Å². The van der Waals surface area contributed by atoms with Gasteiger partial charge in [0.15, 0.2) is 11.5 Å². The van der Waals surface area contributed by atoms with Crippen molar-refractivity contribution in [2.45, 2.75) is 6.54 Å². The third-order valence-corrected chi connectivity index (χ3v) is 5.30. The third-order valence-electron chi connectivity index (χ3n) is 5.30. The van der Waals surface area contributed by atoms with E-state index in [2.05, 4.69) is 9.88 Å². The average molecular weight is 442 g/mol. The molecule has 32 heavy (non-hydrogen) atoms. The van der Waals surface area contributed by atoms with E-state index in [9.17, 15) is 18.4 Å². The van der Waals surface area contributed by atoms with Crippen molar-refractivity contribution in [3.05, 3.63) is 65.4 Å². The first-order valence-electron chi connectivity index (χ1n) is 9.88. The van der Waals surface area contributed by atoms with E-state index in [1.807, 2.05) is 12.1 Å². The average Bonchev–Trinajstić information content (AvgIpc) is 3.20. The van der Waals surface area contributed by atoms with E-state index < -0.39 is 29.2 Å². The molecule has 0 bridgehead atoms. The molecule has 0 atom stereocenters. The summed E-state index contributed by atoms with van der Waals surface area (Å²) < 4.78 is 33.8. The quantitative estimate of drug-likeness (QED) is 0.628. The van der Waals surface area contributed by atoms with Gasteiger partial charge in [-0.25, -0.2) is 18.6 Å². The largest absolute Gasteiger partial charge is 0.465 e. The second-order valence-electron chi connectivity index (χ2n) is 7.40. The highest BCUT2D eigenvalue weighted by Gasteiger charge is 2.24. The minimum Gasteiger partial charge on any atom is -0.465 e. The number of oxazole rings is 1. The SMILES string of the molecule is NC(=O)c1nc(-c2c(F)cccc2F)oc1-c1ccc(CN2CCN(C(=O)O)CC2)cc1. The molecular formula is C22H20F2N4O4. The fraction of sp³-hybridized carbons (Fsp3) is 0.227. The van der Waals surface area contributed by atoms with Crippen LogP contribution >= 0.6 is 0 Å². The second kappa shape index (κ2) is 8.75. The summed E-state index contributed by atoms with van der Waals surface area (Å²) >= 11 is 0. The van der Waals surface area contributed by atoms with Gasteiger partial charge in [0.05, 0.1) is 0 Å². The summed E-state index contributed by atoms with van der Waals surface area (Å²) in [5, 5.41) is 9.04. The number of amides is 2. The number of carboxylic acid groups (broad SMARTS) is 1. The zero-order valence-corrected chi connectivity index (χ0v) is 16.9. The van der Waals surface area contributed by atoms with Crippen molar-refractivity contribution in [1.82, 2.24) is 14.8 Å². The highest BCUT2D eigenvalue weighted by atomic mass is 19.1. The van der Waals surface area contributed by atoms with Gasteiger partial charge in [0, 0.05) is 38.3 Å². The lowest BCUT2D eigenvalue weighted by atomic mass is 10.1. The number of carbonyl (C=O) groups excluding carboxylic acids is 1. The Labute approximate surface area is 181 Å². The normalized spacial score (nSPS) is 14.5. The molecule has 4 rings (SSSR count). The number of carbonyl (C=O) groups is 2. The lowest BCUT2D eigenvalue weighted by Gasteiger charge is -2.33. The van der Waals surface area contributed by atoms with Gasteiger partial charge in [-0.05, 0) is 17.7 Å². The molecule has 0 radical (unpaired) electrons. The fourth-order valence-corrected chi connectivity index (χ4v) is 3.61. The van der Waals surface area contributed by atoms with Gasteiger partial charge in [0.2, 0.25) is 5.89 Å². The van der Waals surface area contributed by atoms with Crippen LogP contribution in [0.2, 0.25) is 0 Å². The highest BCUT2D eigenvalue weighted by Crippen LogP contribution is 2.32. The Bertz CT molecular complexity index is 1130. The van der Waals surface area contributed by atoms with Crippen LogP contribution in [0.3, 0.4) is 0 Å². The van der Waals surface area contributed by atoms with Crippen molar-refractivity contribution in [3.63, 3.8) is 0 Å². The number of hydrogen-bond acceptors (Lipinski definition) is 5. The van der Waals surface area contributed by atoms with Crippen LogP contribution in [0.15, 0.2) is 46.9 Å². The number of hydrogen-bond donors (Lipinski definition) is 2. The summed E-state index contributed by atoms with van der Waals surface area (Å²) in [6.45, 7) is 2.77. The Morgan fingerprint density at radius 1 is 1.03 bits per heavy atom. The summed E-state index contributed by atoms with van der Waals surface area (Å²) in [7, 11) is 0. The zero-order chi connectivity index (χ0) is 22.8. The van der Waals surface area contributed by atoms with E-state index >= 15 is 0 Å². The molecule has 3 N–H and O–H groups in total. The standard InChI is InChI=1S/C22H20F2N4O4/c23-15-2-1-3-16(24)17(15)21-26-18(20(25)29)19(32-21)14-6-4-13(5-7-14)12-27-8-10-28(11-9-27)22(30)31/h1-7H,8-12H2,(H2,25,29)(H,30,31). The molecule has 3 aromatic rings. The summed E-state index contributed by atoms with van der Waals surface area (Å²) in [6.07, 6.45) is -0.916. The number of rotatable bonds is 5. The van der Waals surface area contributed by atoms with Crippen LogP contribution in [0, 0.1) is 11.6 Å². The van der Waals surface area contributed by atoms with Gasteiger partial charge in [-0.2, -0.15) is 0 Å². The van der Waals surface area contributed by atoms with Gasteiger partial charge in [-0.3, -0.25) is 9.69 Å². The summed E-state index contributed by atoms with van der Waals surface area (Å²) in [5.74, 6) is -2.96. The molecule has 8 nitrogen and oxygen atoms in total. The Hall–Kier alpha value is -3.79. The Morgan fingerprint density at radius 3 is 2.22 bits per heavy atom. The lowest BCUT2D eigenvalue weighted by molar-refractivity contribution is 0.0995. The molecule has 1 saturated heterocycles. The van der Waals surface area contributed by atoms with E-state index in [1.165, 1.54) is 11.0 Å². The first kappa shape index (κ1) is 21.4. The van der Waals surface area contributed by atoms with Gasteiger partial charge >= 0.3 is 6.09 Å². The maximum atomic E-state index is 14.1. The number of nitrogens with two attached hydrogens (primary N) is 1. The lowest BCUT2D eigenvalue weighted by Crippen LogP contribution is -2.47. The minimum atomic E-state index is -0.916. The first-order chi connectivity index (χ1) is 15.3. The Balaban J connectivity index is 1.56. The molecule has 2 heterocycles. The molecule has 1 aliphatic heterocycles. The number of primary amides is 1. The van der Waals surface area contributed by atoms with E-state index in [0.29, 0.717) is 38.3 Å². The van der Waals surface area contributed by atoms with E-state index in [0.717, 1.165) is 17.7 Å². The molecule has 10 heteroatoms. The molecular weight excluding hydrogens is 422 g/mol. The van der Waals surface area contributed by atoms with Crippen molar-refractivity contribution < 1.29 is 27.9 Å². The van der Waals surface area contributed by atoms with Crippen molar-refractivity contribution in [3.8, 4) is 22.8 Å². The van der Waals surface area contributed by atoms with Crippen molar-refractivity contribution >= 4 is 12.0 Å². The van der Waals surface area contributed by atoms with Crippen LogP contribution in [0.4, 0.5) is 13.6 Å². The van der Waals surface area contributed by atoms with Crippen LogP contribution < -0.4 is 5.73 Å². The van der Waals surface area contributed by atoms with E-state index in [-0.39, 0.29) is 17.3 Å². The molecule has 1 fully saturated rings. The summed E-state index contributed by atoms with van der Waals surface area (Å²) in [5.41, 5.74) is 6.16. The minimum absolute atomic E-state index is 0.0248. The molecule has 0 aliphatic carbocycles. The predicted octanol–water partition coefficient (Wildman–Crippen LogP) is 3.18. The van der Waals surface area contributed by atoms with Crippen LogP contribution in [0.1, 0.15) is 16.1 Å². The van der Waals surface area contributed by atoms with Gasteiger partial charge < -0.3 is 20.2 Å². The number of halogens is 2. The molecule has 2 amide bonds. The molecule has 1 aliphatic rings. The van der Waals surface area contributed by atoms with Gasteiger partial charge in [-0.15, -0.1) is 0 Å². The van der Waals surface area contributed by atoms with Crippen molar-refractivity contribution in [2.75, 3.05) is 26.2 Å². The van der Waals surface area contributed by atoms with Gasteiger partial charge in [0.25, 0.3) is 5.91 Å². The number of nitrogens with zero attached hydrogens (tertiary/aromatic N) is 3. The van der Waals surface area contributed by atoms with Crippen molar-refractivity contribution in [2.24, 2.45) is 5.73 Å². The summed E-state index contributed by atoms with van der Waals surface area (Å²) in [4.78, 5) is 30.3. The Kier molecular flexibility index (Phi) is 5.87. The molecule has 2 aromatic carbocycles. The van der Waals surface area contributed by atoms with E-state index in [1.54, 1.807) is 12.1 Å². The summed E-state index contributed by atoms with van der Waals surface area (Å²) in [6, 6.07) is 10.4. The molecule has 166 valence electrons. The fourth-order valence-electron chi connectivity index (χ4n) is 3.61. The maximum absolute atomic E-state index is 14.1.